The van der Waals surface area contributed by atoms with E-state index >= 15 is 0 Å². The van der Waals surface area contributed by atoms with Crippen molar-refractivity contribution in [1.82, 2.24) is 14.6 Å². The Labute approximate surface area is 199 Å². The summed E-state index contributed by atoms with van der Waals surface area (Å²) in [6.45, 7) is 0.642. The lowest BCUT2D eigenvalue weighted by atomic mass is 9.81. The number of benzene rings is 2. The van der Waals surface area contributed by atoms with Gasteiger partial charge in [-0.1, -0.05) is 48.5 Å². The number of nitrogens with zero attached hydrogens (tertiary/aromatic N) is 3. The minimum Gasteiger partial charge on any atom is -0.502 e. The molecule has 2 aromatic carbocycles. The summed E-state index contributed by atoms with van der Waals surface area (Å²) in [6, 6.07) is 17.3. The van der Waals surface area contributed by atoms with E-state index in [0.29, 0.717) is 18.9 Å². The van der Waals surface area contributed by atoms with E-state index in [9.17, 15) is 14.7 Å². The molecule has 1 saturated heterocycles. The van der Waals surface area contributed by atoms with E-state index in [4.69, 9.17) is 9.15 Å². The number of fused-ring (bicyclic) bond motifs is 7. The van der Waals surface area contributed by atoms with E-state index in [1.807, 2.05) is 36.4 Å². The third kappa shape index (κ3) is 2.75. The van der Waals surface area contributed by atoms with Crippen LogP contribution in [-0.2, 0) is 4.74 Å². The normalized spacial score (nSPS) is 22.1. The maximum Gasteiger partial charge on any atom is 0.278 e. The van der Waals surface area contributed by atoms with Gasteiger partial charge in [0, 0.05) is 35.9 Å². The fourth-order valence-corrected chi connectivity index (χ4v) is 5.57. The van der Waals surface area contributed by atoms with E-state index in [1.165, 1.54) is 23.3 Å². The number of aromatic nitrogens is 2. The predicted octanol–water partition coefficient (Wildman–Crippen LogP) is 2.75. The van der Waals surface area contributed by atoms with Gasteiger partial charge in [0.25, 0.3) is 5.91 Å². The minimum atomic E-state index is -0.595. The minimum absolute atomic E-state index is 0.0700. The maximum absolute atomic E-state index is 13.4. The molecule has 9 nitrogen and oxygen atoms in total. The first-order valence-electron chi connectivity index (χ1n) is 11.4. The lowest BCUT2D eigenvalue weighted by molar-refractivity contribution is -0.0645. The standard InChI is InChI=1S/C26H20N4O5/c31-18-9-10-30-21(22(18)32)26(33)29-11-12-34-24(25(29)28-30)19-14-5-1-3-7-16(14)20-23(35-13-27-20)17-8-4-2-6-15(17)19/h1-10,13,19,24-25,28,32H,11-12H2/t19-,24?,25?/m0/s1. The topological polar surface area (TPSA) is 110 Å². The van der Waals surface area contributed by atoms with Crippen LogP contribution in [0.15, 0.2) is 76.4 Å². The molecular weight excluding hydrogens is 448 g/mol. The summed E-state index contributed by atoms with van der Waals surface area (Å²) in [5, 5.41) is 10.3. The van der Waals surface area contributed by atoms with Crippen molar-refractivity contribution < 1.29 is 19.1 Å². The number of hydrogen-bond acceptors (Lipinski definition) is 7. The number of pyridine rings is 1. The number of oxazole rings is 1. The first-order valence-corrected chi connectivity index (χ1v) is 11.4. The summed E-state index contributed by atoms with van der Waals surface area (Å²) in [5.41, 5.74) is 7.29. The van der Waals surface area contributed by atoms with Crippen molar-refractivity contribution in [3.05, 3.63) is 94.2 Å². The molecule has 1 amide bonds. The molecule has 1 fully saturated rings. The number of carbonyl (C=O) groups is 1. The van der Waals surface area contributed by atoms with E-state index in [2.05, 4.69) is 22.5 Å². The summed E-state index contributed by atoms with van der Waals surface area (Å²) in [6.07, 6.45) is 1.90. The van der Waals surface area contributed by atoms with Gasteiger partial charge in [0.1, 0.15) is 18.0 Å². The highest BCUT2D eigenvalue weighted by atomic mass is 16.5. The smallest absolute Gasteiger partial charge is 0.278 e. The van der Waals surface area contributed by atoms with Crippen LogP contribution in [0, 0.1) is 0 Å². The second kappa shape index (κ2) is 7.31. The molecule has 0 saturated carbocycles. The van der Waals surface area contributed by atoms with Crippen molar-refractivity contribution in [1.29, 1.82) is 0 Å². The molecule has 0 radical (unpaired) electrons. The molecule has 4 aromatic rings. The van der Waals surface area contributed by atoms with Crippen LogP contribution in [0.3, 0.4) is 0 Å². The van der Waals surface area contributed by atoms with Crippen LogP contribution >= 0.6 is 0 Å². The third-order valence-corrected chi connectivity index (χ3v) is 7.09. The lowest BCUT2D eigenvalue weighted by Gasteiger charge is -2.48. The second-order valence-corrected chi connectivity index (χ2v) is 8.84. The van der Waals surface area contributed by atoms with E-state index in [0.717, 1.165) is 27.9 Å². The van der Waals surface area contributed by atoms with E-state index in [1.54, 1.807) is 4.90 Å². The zero-order valence-corrected chi connectivity index (χ0v) is 18.4. The Balaban J connectivity index is 1.43. The van der Waals surface area contributed by atoms with Crippen LogP contribution in [0.25, 0.3) is 22.6 Å². The maximum atomic E-state index is 13.4. The average Bonchev–Trinajstić information content (AvgIpc) is 3.33. The number of rotatable bonds is 1. The van der Waals surface area contributed by atoms with Crippen molar-refractivity contribution >= 4 is 5.91 Å². The molecule has 7 rings (SSSR count). The molecule has 2 N–H and O–H groups in total. The summed E-state index contributed by atoms with van der Waals surface area (Å²) < 4.78 is 13.7. The first kappa shape index (κ1) is 20.0. The van der Waals surface area contributed by atoms with Gasteiger partial charge < -0.3 is 24.6 Å². The van der Waals surface area contributed by atoms with Gasteiger partial charge >= 0.3 is 0 Å². The Morgan fingerprint density at radius 2 is 1.74 bits per heavy atom. The number of amides is 1. The van der Waals surface area contributed by atoms with E-state index in [-0.39, 0.29) is 11.6 Å². The van der Waals surface area contributed by atoms with Crippen molar-refractivity contribution in [2.75, 3.05) is 18.6 Å². The zero-order chi connectivity index (χ0) is 23.7. The van der Waals surface area contributed by atoms with Gasteiger partial charge in [-0.25, -0.2) is 4.98 Å². The van der Waals surface area contributed by atoms with Crippen LogP contribution in [0.4, 0.5) is 0 Å². The average molecular weight is 468 g/mol. The summed E-state index contributed by atoms with van der Waals surface area (Å²) >= 11 is 0. The molecule has 35 heavy (non-hydrogen) atoms. The molecule has 2 aliphatic heterocycles. The number of ether oxygens (including phenoxy) is 1. The van der Waals surface area contributed by atoms with Gasteiger partial charge in [0.2, 0.25) is 5.43 Å². The number of nitrogens with one attached hydrogen (secondary N) is 1. The Hall–Kier alpha value is -4.37. The Morgan fingerprint density at radius 1 is 1.00 bits per heavy atom. The van der Waals surface area contributed by atoms with Gasteiger partial charge in [-0.05, 0) is 11.1 Å². The Bertz CT molecular complexity index is 1500. The highest BCUT2D eigenvalue weighted by molar-refractivity contribution is 5.96. The van der Waals surface area contributed by atoms with Gasteiger partial charge in [-0.3, -0.25) is 14.3 Å². The number of aromatic hydroxyl groups is 1. The highest BCUT2D eigenvalue weighted by Gasteiger charge is 2.47. The van der Waals surface area contributed by atoms with Gasteiger partial charge in [-0.2, -0.15) is 0 Å². The highest BCUT2D eigenvalue weighted by Crippen LogP contribution is 2.48. The van der Waals surface area contributed by atoms with Crippen molar-refractivity contribution in [2.24, 2.45) is 0 Å². The fourth-order valence-electron chi connectivity index (χ4n) is 5.57. The molecule has 3 atom stereocenters. The number of hydrogen-bond donors (Lipinski definition) is 2. The molecule has 3 aliphatic rings. The SMILES string of the molecule is O=C1c2c(O)c(=O)ccn2NC2C([C@H]3c4ccccc4-c4ncoc4-c4ccccc43)OCCN12. The molecule has 4 heterocycles. The monoisotopic (exact) mass is 468 g/mol. The lowest BCUT2D eigenvalue weighted by Crippen LogP contribution is -2.64. The summed E-state index contributed by atoms with van der Waals surface area (Å²) in [4.78, 5) is 31.6. The van der Waals surface area contributed by atoms with Gasteiger partial charge in [0.05, 0.1) is 6.61 Å². The van der Waals surface area contributed by atoms with Crippen molar-refractivity contribution in [3.63, 3.8) is 0 Å². The van der Waals surface area contributed by atoms with Crippen LogP contribution in [0.5, 0.6) is 5.75 Å². The van der Waals surface area contributed by atoms with Crippen LogP contribution in [-0.4, -0.2) is 51.0 Å². The van der Waals surface area contributed by atoms with E-state index < -0.39 is 29.4 Å². The second-order valence-electron chi connectivity index (χ2n) is 8.84. The van der Waals surface area contributed by atoms with Crippen LogP contribution in [0.2, 0.25) is 0 Å². The molecule has 174 valence electrons. The van der Waals surface area contributed by atoms with Gasteiger partial charge in [-0.15, -0.1) is 0 Å². The molecule has 2 unspecified atom stereocenters. The zero-order valence-electron chi connectivity index (χ0n) is 18.4. The first-order chi connectivity index (χ1) is 17.1. The Kier molecular flexibility index (Phi) is 4.19. The number of morpholine rings is 1. The molecule has 1 aliphatic carbocycles. The molecule has 0 bridgehead atoms. The molecule has 0 spiro atoms. The van der Waals surface area contributed by atoms with Crippen molar-refractivity contribution in [2.45, 2.75) is 18.2 Å². The van der Waals surface area contributed by atoms with Crippen LogP contribution < -0.4 is 10.9 Å². The largest absolute Gasteiger partial charge is 0.502 e. The van der Waals surface area contributed by atoms with Crippen molar-refractivity contribution in [3.8, 4) is 28.3 Å². The molecular formula is C26H20N4O5. The van der Waals surface area contributed by atoms with Crippen LogP contribution in [0.1, 0.15) is 27.5 Å². The predicted molar refractivity (Wildman–Crippen MR) is 126 cm³/mol. The fraction of sp³-hybridized carbons (Fsp3) is 0.192. The third-order valence-electron chi connectivity index (χ3n) is 7.09. The summed E-state index contributed by atoms with van der Waals surface area (Å²) in [7, 11) is 0. The van der Waals surface area contributed by atoms with Gasteiger partial charge in [0.15, 0.2) is 23.6 Å². The number of carbonyl (C=O) groups excluding carboxylic acids is 1. The molecule has 9 heteroatoms. The quantitative estimate of drug-likeness (QED) is 0.442. The molecule has 2 aromatic heterocycles. The Morgan fingerprint density at radius 3 is 2.57 bits per heavy atom. The summed E-state index contributed by atoms with van der Waals surface area (Å²) in [5.74, 6) is -0.536.